The summed E-state index contributed by atoms with van der Waals surface area (Å²) in [5, 5.41) is 0. The summed E-state index contributed by atoms with van der Waals surface area (Å²) in [4.78, 5) is 11.9. The lowest BCUT2D eigenvalue weighted by Crippen LogP contribution is -2.18. The molecule has 0 radical (unpaired) electrons. The van der Waals surface area contributed by atoms with Crippen LogP contribution in [0.15, 0.2) is 30.3 Å². The largest absolute Gasteiger partial charge is 0.461 e. The number of carbonyl (C=O) groups excluding carboxylic acids is 1. The molecule has 0 aromatic heterocycles. The van der Waals surface area contributed by atoms with E-state index in [2.05, 4.69) is 13.8 Å². The van der Waals surface area contributed by atoms with E-state index in [0.29, 0.717) is 12.5 Å². The minimum Gasteiger partial charge on any atom is -0.461 e. The zero-order valence-electron chi connectivity index (χ0n) is 11.0. The molecule has 1 aromatic carbocycles. The summed E-state index contributed by atoms with van der Waals surface area (Å²) < 4.78 is 5.34. The van der Waals surface area contributed by atoms with Crippen LogP contribution < -0.4 is 0 Å². The summed E-state index contributed by atoms with van der Waals surface area (Å²) in [6.45, 7) is 6.69. The van der Waals surface area contributed by atoms with Gasteiger partial charge in [0.15, 0.2) is 0 Å². The van der Waals surface area contributed by atoms with Crippen LogP contribution in [0.5, 0.6) is 0 Å². The minimum absolute atomic E-state index is 0.0405. The third kappa shape index (κ3) is 5.03. The van der Waals surface area contributed by atoms with Gasteiger partial charge in [0.1, 0.15) is 6.61 Å². The Labute approximate surface area is 104 Å². The highest BCUT2D eigenvalue weighted by Crippen LogP contribution is 2.17. The van der Waals surface area contributed by atoms with Crippen molar-refractivity contribution in [1.29, 1.82) is 0 Å². The van der Waals surface area contributed by atoms with Crippen molar-refractivity contribution in [3.05, 3.63) is 35.9 Å². The summed E-state index contributed by atoms with van der Waals surface area (Å²) in [6, 6.07) is 9.80. The van der Waals surface area contributed by atoms with Gasteiger partial charge in [0, 0.05) is 0 Å². The summed E-state index contributed by atoms with van der Waals surface area (Å²) in [7, 11) is 0. The molecule has 0 saturated heterocycles. The second-order valence-corrected chi connectivity index (χ2v) is 4.83. The van der Waals surface area contributed by atoms with Gasteiger partial charge in [0.05, 0.1) is 5.92 Å². The molecule has 0 heterocycles. The fourth-order valence-corrected chi connectivity index (χ4v) is 1.85. The summed E-state index contributed by atoms with van der Waals surface area (Å²) >= 11 is 0. The molecule has 0 N–H and O–H groups in total. The quantitative estimate of drug-likeness (QED) is 0.700. The first-order valence-electron chi connectivity index (χ1n) is 6.34. The van der Waals surface area contributed by atoms with Crippen LogP contribution in [-0.4, -0.2) is 5.97 Å². The molecule has 2 nitrogen and oxygen atoms in total. The van der Waals surface area contributed by atoms with Gasteiger partial charge in [-0.25, -0.2) is 0 Å². The highest BCUT2D eigenvalue weighted by atomic mass is 16.5. The van der Waals surface area contributed by atoms with Crippen molar-refractivity contribution < 1.29 is 9.53 Å². The summed E-state index contributed by atoms with van der Waals surface area (Å²) in [5.74, 6) is 0.507. The van der Waals surface area contributed by atoms with Crippen molar-refractivity contribution in [3.63, 3.8) is 0 Å². The molecule has 0 aliphatic rings. The van der Waals surface area contributed by atoms with Crippen molar-refractivity contribution in [1.82, 2.24) is 0 Å². The van der Waals surface area contributed by atoms with Crippen LogP contribution in [0.1, 0.15) is 39.2 Å². The molecular weight excluding hydrogens is 212 g/mol. The Kier molecular flexibility index (Phi) is 5.75. The first-order valence-corrected chi connectivity index (χ1v) is 6.34. The van der Waals surface area contributed by atoms with Gasteiger partial charge in [-0.1, -0.05) is 51.1 Å². The molecule has 0 aliphatic heterocycles. The number of benzene rings is 1. The Hall–Kier alpha value is -1.31. The predicted octanol–water partition coefficient (Wildman–Crippen LogP) is 3.80. The fourth-order valence-electron chi connectivity index (χ4n) is 1.85. The average Bonchev–Trinajstić information content (AvgIpc) is 2.34. The van der Waals surface area contributed by atoms with Gasteiger partial charge in [0.25, 0.3) is 0 Å². The van der Waals surface area contributed by atoms with Crippen molar-refractivity contribution in [2.75, 3.05) is 0 Å². The standard InChI is InChI=1S/C15H22O2/c1-4-14(10-12(2)3)15(16)17-11-13-8-6-5-7-9-13/h5-9,12,14H,4,10-11H2,1-3H3/t14-/m0/s1. The number of carbonyl (C=O) groups is 1. The van der Waals surface area contributed by atoms with Crippen molar-refractivity contribution in [2.45, 2.75) is 40.2 Å². The zero-order chi connectivity index (χ0) is 12.7. The molecule has 1 rings (SSSR count). The SMILES string of the molecule is CC[C@@H](CC(C)C)C(=O)OCc1ccccc1. The van der Waals surface area contributed by atoms with Crippen LogP contribution in [0.3, 0.4) is 0 Å². The second kappa shape index (κ2) is 7.10. The minimum atomic E-state index is -0.0648. The Morgan fingerprint density at radius 1 is 1.24 bits per heavy atom. The monoisotopic (exact) mass is 234 g/mol. The number of hydrogen-bond donors (Lipinski definition) is 0. The van der Waals surface area contributed by atoms with E-state index in [0.717, 1.165) is 18.4 Å². The van der Waals surface area contributed by atoms with Crippen molar-refractivity contribution in [2.24, 2.45) is 11.8 Å². The zero-order valence-corrected chi connectivity index (χ0v) is 11.0. The number of esters is 1. The molecule has 0 aliphatic carbocycles. The van der Waals surface area contributed by atoms with E-state index in [4.69, 9.17) is 4.74 Å². The molecule has 0 unspecified atom stereocenters. The lowest BCUT2D eigenvalue weighted by Gasteiger charge is -2.16. The van der Waals surface area contributed by atoms with Crippen LogP contribution in [0.2, 0.25) is 0 Å². The Morgan fingerprint density at radius 2 is 1.88 bits per heavy atom. The smallest absolute Gasteiger partial charge is 0.309 e. The maximum absolute atomic E-state index is 11.9. The average molecular weight is 234 g/mol. The predicted molar refractivity (Wildman–Crippen MR) is 69.5 cm³/mol. The molecular formula is C15H22O2. The van der Waals surface area contributed by atoms with Crippen LogP contribution in [0.25, 0.3) is 0 Å². The second-order valence-electron chi connectivity index (χ2n) is 4.83. The Bertz CT molecular complexity index is 330. The van der Waals surface area contributed by atoms with Gasteiger partial charge >= 0.3 is 5.97 Å². The van der Waals surface area contributed by atoms with Crippen LogP contribution in [-0.2, 0) is 16.1 Å². The molecule has 1 atom stereocenters. The summed E-state index contributed by atoms with van der Waals surface area (Å²) in [6.07, 6.45) is 1.76. The molecule has 0 saturated carbocycles. The lowest BCUT2D eigenvalue weighted by molar-refractivity contribution is -0.150. The molecule has 2 heteroatoms. The van der Waals surface area contributed by atoms with E-state index in [1.165, 1.54) is 0 Å². The van der Waals surface area contributed by atoms with Crippen LogP contribution in [0, 0.1) is 11.8 Å². The first-order chi connectivity index (χ1) is 8.13. The van der Waals surface area contributed by atoms with E-state index >= 15 is 0 Å². The molecule has 0 fully saturated rings. The third-order valence-corrected chi connectivity index (χ3v) is 2.81. The van der Waals surface area contributed by atoms with Gasteiger partial charge in [-0.2, -0.15) is 0 Å². The van der Waals surface area contributed by atoms with Gasteiger partial charge in [0.2, 0.25) is 0 Å². The van der Waals surface area contributed by atoms with E-state index in [-0.39, 0.29) is 11.9 Å². The third-order valence-electron chi connectivity index (χ3n) is 2.81. The topological polar surface area (TPSA) is 26.3 Å². The van der Waals surface area contributed by atoms with Gasteiger partial charge in [-0.15, -0.1) is 0 Å². The molecule has 0 amide bonds. The van der Waals surface area contributed by atoms with Crippen molar-refractivity contribution in [3.8, 4) is 0 Å². The van der Waals surface area contributed by atoms with E-state index in [1.54, 1.807) is 0 Å². The number of hydrogen-bond acceptors (Lipinski definition) is 2. The maximum atomic E-state index is 11.9. The van der Waals surface area contributed by atoms with E-state index in [9.17, 15) is 4.79 Å². The normalized spacial score (nSPS) is 12.5. The van der Waals surface area contributed by atoms with Gasteiger partial charge in [-0.3, -0.25) is 4.79 Å². The highest BCUT2D eigenvalue weighted by molar-refractivity contribution is 5.72. The fraction of sp³-hybridized carbons (Fsp3) is 0.533. The Morgan fingerprint density at radius 3 is 2.41 bits per heavy atom. The first kappa shape index (κ1) is 13.8. The number of rotatable bonds is 6. The van der Waals surface area contributed by atoms with Crippen LogP contribution in [0.4, 0.5) is 0 Å². The van der Waals surface area contributed by atoms with E-state index < -0.39 is 0 Å². The molecule has 0 bridgehead atoms. The maximum Gasteiger partial charge on any atom is 0.309 e. The highest BCUT2D eigenvalue weighted by Gasteiger charge is 2.19. The van der Waals surface area contributed by atoms with Crippen molar-refractivity contribution >= 4 is 5.97 Å². The Balaban J connectivity index is 2.42. The number of ether oxygens (including phenoxy) is 1. The lowest BCUT2D eigenvalue weighted by atomic mass is 9.95. The van der Waals surface area contributed by atoms with E-state index in [1.807, 2.05) is 37.3 Å². The molecule has 94 valence electrons. The van der Waals surface area contributed by atoms with Gasteiger partial charge < -0.3 is 4.74 Å². The van der Waals surface area contributed by atoms with Crippen LogP contribution >= 0.6 is 0 Å². The molecule has 0 spiro atoms. The van der Waals surface area contributed by atoms with Gasteiger partial charge in [-0.05, 0) is 24.3 Å². The molecule has 17 heavy (non-hydrogen) atoms. The summed E-state index contributed by atoms with van der Waals surface area (Å²) in [5.41, 5.74) is 1.04. The molecule has 1 aromatic rings.